The lowest BCUT2D eigenvalue weighted by Crippen LogP contribution is -2.10. The lowest BCUT2D eigenvalue weighted by Gasteiger charge is -2.03. The average Bonchev–Trinajstić information content (AvgIpc) is 2.96. The maximum atomic E-state index is 11.1. The molecule has 0 spiro atoms. The number of carbonyl (C=O) groups is 1. The van der Waals surface area contributed by atoms with Crippen molar-refractivity contribution in [3.8, 4) is 11.3 Å². The van der Waals surface area contributed by atoms with Gasteiger partial charge >= 0.3 is 0 Å². The second kappa shape index (κ2) is 5.63. The molecule has 2 aromatic carbocycles. The quantitative estimate of drug-likeness (QED) is 0.797. The molecule has 0 radical (unpaired) electrons. The van der Waals surface area contributed by atoms with Gasteiger partial charge in [-0.15, -0.1) is 0 Å². The molecule has 2 N–H and O–H groups in total. The second-order valence-electron chi connectivity index (χ2n) is 4.73. The van der Waals surface area contributed by atoms with E-state index in [-0.39, 0.29) is 0 Å². The van der Waals surface area contributed by atoms with Crippen LogP contribution in [0, 0.1) is 0 Å². The van der Waals surface area contributed by atoms with E-state index in [1.54, 1.807) is 12.1 Å². The molecule has 4 nitrogen and oxygen atoms in total. The summed E-state index contributed by atoms with van der Waals surface area (Å²) in [5.74, 6) is 0.276. The third-order valence-electron chi connectivity index (χ3n) is 3.29. The first kappa shape index (κ1) is 13.1. The number of nitrogens with two attached hydrogens (primary N) is 1. The van der Waals surface area contributed by atoms with Crippen LogP contribution in [0.4, 0.5) is 0 Å². The Bertz CT molecular complexity index is 746. The summed E-state index contributed by atoms with van der Waals surface area (Å²) in [6, 6.07) is 17.1. The average molecular weight is 278 g/mol. The zero-order valence-electron chi connectivity index (χ0n) is 11.3. The molecule has 1 amide bonds. The summed E-state index contributed by atoms with van der Waals surface area (Å²) in [5.41, 5.74) is 8.63. The number of rotatable bonds is 4. The fourth-order valence-electron chi connectivity index (χ4n) is 2.20. The van der Waals surface area contributed by atoms with Gasteiger partial charge in [0.2, 0.25) is 5.91 Å². The maximum absolute atomic E-state index is 11.1. The van der Waals surface area contributed by atoms with E-state index in [1.807, 2.05) is 30.3 Å². The smallest absolute Gasteiger partial charge is 0.248 e. The molecule has 3 rings (SSSR count). The van der Waals surface area contributed by atoms with Crippen molar-refractivity contribution in [2.45, 2.75) is 6.42 Å². The number of nitrogens with zero attached hydrogens (tertiary/aromatic N) is 1. The van der Waals surface area contributed by atoms with Crippen LogP contribution in [0.25, 0.3) is 11.3 Å². The number of aromatic nitrogens is 1. The second-order valence-corrected chi connectivity index (χ2v) is 4.73. The zero-order valence-corrected chi connectivity index (χ0v) is 11.3. The molecule has 0 aliphatic rings. The van der Waals surface area contributed by atoms with Gasteiger partial charge in [-0.05, 0) is 17.7 Å². The van der Waals surface area contributed by atoms with Gasteiger partial charge in [0.25, 0.3) is 0 Å². The highest BCUT2D eigenvalue weighted by molar-refractivity contribution is 5.93. The number of hydrogen-bond donors (Lipinski definition) is 1. The summed E-state index contributed by atoms with van der Waals surface area (Å²) in [5, 5.41) is 0. The normalized spacial score (nSPS) is 10.5. The van der Waals surface area contributed by atoms with Crippen LogP contribution >= 0.6 is 0 Å². The molecule has 0 unspecified atom stereocenters. The topological polar surface area (TPSA) is 69.1 Å². The minimum Gasteiger partial charge on any atom is -0.443 e. The van der Waals surface area contributed by atoms with Gasteiger partial charge in [-0.2, -0.15) is 0 Å². The van der Waals surface area contributed by atoms with E-state index in [0.717, 1.165) is 17.0 Å². The number of benzene rings is 2. The van der Waals surface area contributed by atoms with E-state index in [9.17, 15) is 4.79 Å². The molecule has 4 heteroatoms. The van der Waals surface area contributed by atoms with Gasteiger partial charge in [-0.3, -0.25) is 4.79 Å². The molecule has 1 heterocycles. The van der Waals surface area contributed by atoms with Crippen molar-refractivity contribution in [2.24, 2.45) is 5.73 Å². The van der Waals surface area contributed by atoms with Gasteiger partial charge in [0.15, 0.2) is 12.2 Å². The molecule has 21 heavy (non-hydrogen) atoms. The van der Waals surface area contributed by atoms with Crippen LogP contribution in [-0.4, -0.2) is 10.9 Å². The Hall–Kier alpha value is -2.88. The first-order valence-electron chi connectivity index (χ1n) is 6.60. The Labute approximate surface area is 122 Å². The molecular weight excluding hydrogens is 264 g/mol. The standard InChI is InChI=1S/C17H14N2O2/c18-17(20)14-8-6-13(7-9-14)16-15(19-11-21-16)10-12-4-2-1-3-5-12/h1-9,11H,10H2,(H2,18,20). The first-order chi connectivity index (χ1) is 10.2. The number of hydrogen-bond acceptors (Lipinski definition) is 3. The summed E-state index contributed by atoms with van der Waals surface area (Å²) < 4.78 is 5.50. The van der Waals surface area contributed by atoms with Gasteiger partial charge in [-0.25, -0.2) is 4.98 Å². The molecule has 0 saturated heterocycles. The van der Waals surface area contributed by atoms with Crippen LogP contribution in [0.1, 0.15) is 21.6 Å². The summed E-state index contributed by atoms with van der Waals surface area (Å²) in [7, 11) is 0. The number of carbonyl (C=O) groups excluding carboxylic acids is 1. The monoisotopic (exact) mass is 278 g/mol. The van der Waals surface area contributed by atoms with Crippen LogP contribution in [0.5, 0.6) is 0 Å². The highest BCUT2D eigenvalue weighted by Gasteiger charge is 2.12. The van der Waals surface area contributed by atoms with E-state index < -0.39 is 5.91 Å². The van der Waals surface area contributed by atoms with Crippen molar-refractivity contribution in [1.29, 1.82) is 0 Å². The van der Waals surface area contributed by atoms with Crippen molar-refractivity contribution in [2.75, 3.05) is 0 Å². The Kier molecular flexibility index (Phi) is 3.51. The lowest BCUT2D eigenvalue weighted by atomic mass is 10.0. The highest BCUT2D eigenvalue weighted by atomic mass is 16.3. The minimum absolute atomic E-state index is 0.441. The number of oxazole rings is 1. The number of primary amides is 1. The van der Waals surface area contributed by atoms with E-state index in [0.29, 0.717) is 12.0 Å². The van der Waals surface area contributed by atoms with Crippen LogP contribution in [0.2, 0.25) is 0 Å². The molecule has 0 fully saturated rings. The van der Waals surface area contributed by atoms with Crippen LogP contribution in [0.3, 0.4) is 0 Å². The fraction of sp³-hybridized carbons (Fsp3) is 0.0588. The van der Waals surface area contributed by atoms with Crippen molar-refractivity contribution in [3.63, 3.8) is 0 Å². The molecular formula is C17H14N2O2. The SMILES string of the molecule is NC(=O)c1ccc(-c2ocnc2Cc2ccccc2)cc1. The summed E-state index contributed by atoms with van der Waals surface area (Å²) >= 11 is 0. The van der Waals surface area contributed by atoms with E-state index in [4.69, 9.17) is 10.2 Å². The molecule has 0 bridgehead atoms. The molecule has 0 aliphatic carbocycles. The van der Waals surface area contributed by atoms with E-state index in [1.165, 1.54) is 12.0 Å². The Morgan fingerprint density at radius 2 is 1.76 bits per heavy atom. The van der Waals surface area contributed by atoms with Crippen molar-refractivity contribution >= 4 is 5.91 Å². The molecule has 0 atom stereocenters. The van der Waals surface area contributed by atoms with E-state index in [2.05, 4.69) is 17.1 Å². The lowest BCUT2D eigenvalue weighted by molar-refractivity contribution is 0.100. The Morgan fingerprint density at radius 1 is 1.05 bits per heavy atom. The first-order valence-corrected chi connectivity index (χ1v) is 6.60. The van der Waals surface area contributed by atoms with Gasteiger partial charge in [-0.1, -0.05) is 42.5 Å². The molecule has 1 aromatic heterocycles. The zero-order chi connectivity index (χ0) is 14.7. The van der Waals surface area contributed by atoms with Crippen molar-refractivity contribution in [3.05, 3.63) is 77.8 Å². The van der Waals surface area contributed by atoms with Crippen LogP contribution in [0.15, 0.2) is 65.4 Å². The molecule has 0 saturated carbocycles. The third kappa shape index (κ3) is 2.84. The minimum atomic E-state index is -0.441. The Morgan fingerprint density at radius 3 is 2.43 bits per heavy atom. The Balaban J connectivity index is 1.90. The van der Waals surface area contributed by atoms with Gasteiger partial charge in [0.1, 0.15) is 0 Å². The summed E-state index contributed by atoms with van der Waals surface area (Å²) in [6.45, 7) is 0. The fourth-order valence-corrected chi connectivity index (χ4v) is 2.20. The predicted octanol–water partition coefficient (Wildman–Crippen LogP) is 3.03. The molecule has 3 aromatic rings. The van der Waals surface area contributed by atoms with E-state index >= 15 is 0 Å². The van der Waals surface area contributed by atoms with Gasteiger partial charge in [0.05, 0.1) is 5.69 Å². The van der Waals surface area contributed by atoms with Gasteiger partial charge in [0, 0.05) is 17.5 Å². The predicted molar refractivity (Wildman–Crippen MR) is 79.7 cm³/mol. The van der Waals surface area contributed by atoms with Crippen LogP contribution < -0.4 is 5.73 Å². The summed E-state index contributed by atoms with van der Waals surface area (Å²) in [6.07, 6.45) is 2.14. The highest BCUT2D eigenvalue weighted by Crippen LogP contribution is 2.25. The summed E-state index contributed by atoms with van der Waals surface area (Å²) in [4.78, 5) is 15.4. The van der Waals surface area contributed by atoms with Crippen molar-refractivity contribution in [1.82, 2.24) is 4.98 Å². The van der Waals surface area contributed by atoms with Gasteiger partial charge < -0.3 is 10.2 Å². The maximum Gasteiger partial charge on any atom is 0.248 e. The largest absolute Gasteiger partial charge is 0.443 e. The molecule has 104 valence electrons. The third-order valence-corrected chi connectivity index (χ3v) is 3.29. The van der Waals surface area contributed by atoms with Crippen molar-refractivity contribution < 1.29 is 9.21 Å². The number of amides is 1. The molecule has 0 aliphatic heterocycles. The van der Waals surface area contributed by atoms with Crippen LogP contribution in [-0.2, 0) is 6.42 Å².